The standard InChI is InChI=1S/C23H17N3O5/c1-29-22(28)17-16(14-10-6-3-7-11-14)18-20(31-23(24)25-18)26-15(21(27)30-19(17)26)12-13-8-4-2-5-9-13/h2-12,16H,1H3,(H2,24,25)/b15-12+. The van der Waals surface area contributed by atoms with E-state index in [0.29, 0.717) is 5.69 Å². The minimum absolute atomic E-state index is 0.0246. The van der Waals surface area contributed by atoms with Crippen LogP contribution in [0, 0.1) is 0 Å². The fourth-order valence-electron chi connectivity index (χ4n) is 3.83. The van der Waals surface area contributed by atoms with Crippen molar-refractivity contribution in [1.29, 1.82) is 0 Å². The van der Waals surface area contributed by atoms with Gasteiger partial charge in [0.05, 0.1) is 13.0 Å². The molecule has 0 bridgehead atoms. The number of benzene rings is 2. The molecular formula is C23H17N3O5. The molecule has 1 unspecified atom stereocenters. The number of carbonyl (C=O) groups is 1. The number of nitrogens with zero attached hydrogens (tertiary/aromatic N) is 2. The van der Waals surface area contributed by atoms with Crippen LogP contribution < -0.4 is 22.3 Å². The molecule has 1 aliphatic heterocycles. The summed E-state index contributed by atoms with van der Waals surface area (Å²) in [7, 11) is 1.27. The SMILES string of the molecule is COC(=O)C1=c2oc(=O)/c(=C\c3ccccc3)n2-c2oc(N)nc2C1c1ccccc1. The topological polar surface area (TPSA) is 113 Å². The minimum atomic E-state index is -0.681. The van der Waals surface area contributed by atoms with Crippen molar-refractivity contribution in [2.75, 3.05) is 12.8 Å². The first-order valence-electron chi connectivity index (χ1n) is 9.51. The molecule has 154 valence electrons. The van der Waals surface area contributed by atoms with Crippen LogP contribution in [-0.4, -0.2) is 22.6 Å². The Labute approximate surface area is 175 Å². The molecule has 0 amide bonds. The fraction of sp³-hybridized carbons (Fsp3) is 0.0870. The van der Waals surface area contributed by atoms with Crippen LogP contribution in [0.3, 0.4) is 0 Å². The maximum atomic E-state index is 12.9. The number of rotatable bonds is 3. The van der Waals surface area contributed by atoms with E-state index >= 15 is 0 Å². The van der Waals surface area contributed by atoms with E-state index in [1.54, 1.807) is 6.08 Å². The molecule has 31 heavy (non-hydrogen) atoms. The van der Waals surface area contributed by atoms with Crippen LogP contribution in [0.15, 0.2) is 74.3 Å². The number of oxazole rings is 2. The average molecular weight is 415 g/mol. The zero-order valence-corrected chi connectivity index (χ0v) is 16.4. The number of esters is 1. The fourth-order valence-corrected chi connectivity index (χ4v) is 3.83. The molecule has 3 heterocycles. The highest BCUT2D eigenvalue weighted by molar-refractivity contribution is 6.12. The highest BCUT2D eigenvalue weighted by Gasteiger charge is 2.39. The molecule has 0 radical (unpaired) electrons. The predicted molar refractivity (Wildman–Crippen MR) is 112 cm³/mol. The molecule has 1 atom stereocenters. The summed E-state index contributed by atoms with van der Waals surface area (Å²) >= 11 is 0. The maximum absolute atomic E-state index is 12.9. The Morgan fingerprint density at radius 2 is 1.77 bits per heavy atom. The Hall–Kier alpha value is -4.33. The van der Waals surface area contributed by atoms with Crippen molar-refractivity contribution < 1.29 is 18.4 Å². The molecule has 0 saturated carbocycles. The maximum Gasteiger partial charge on any atom is 0.362 e. The molecule has 2 aromatic carbocycles. The number of hydrogen-bond acceptors (Lipinski definition) is 7. The Kier molecular flexibility index (Phi) is 4.32. The lowest BCUT2D eigenvalue weighted by molar-refractivity contribution is -0.134. The van der Waals surface area contributed by atoms with Gasteiger partial charge in [0, 0.05) is 0 Å². The predicted octanol–water partition coefficient (Wildman–Crippen LogP) is 1.30. The van der Waals surface area contributed by atoms with Gasteiger partial charge in [-0.05, 0) is 17.2 Å². The van der Waals surface area contributed by atoms with Crippen molar-refractivity contribution in [3.05, 3.63) is 98.8 Å². The monoisotopic (exact) mass is 415 g/mol. The summed E-state index contributed by atoms with van der Waals surface area (Å²) in [4.78, 5) is 30.1. The second-order valence-corrected chi connectivity index (χ2v) is 6.96. The quantitative estimate of drug-likeness (QED) is 0.502. The third-order valence-electron chi connectivity index (χ3n) is 5.13. The van der Waals surface area contributed by atoms with Crippen LogP contribution in [0.5, 0.6) is 0 Å². The number of nitrogens with two attached hydrogens (primary N) is 1. The Morgan fingerprint density at radius 1 is 1.10 bits per heavy atom. The molecular weight excluding hydrogens is 398 g/mol. The lowest BCUT2D eigenvalue weighted by Crippen LogP contribution is -2.37. The molecule has 4 aromatic rings. The van der Waals surface area contributed by atoms with E-state index in [4.69, 9.17) is 19.3 Å². The van der Waals surface area contributed by atoms with Crippen LogP contribution in [0.4, 0.5) is 6.01 Å². The molecule has 0 saturated heterocycles. The first-order chi connectivity index (χ1) is 15.1. The summed E-state index contributed by atoms with van der Waals surface area (Å²) in [6.07, 6.45) is 1.65. The smallest absolute Gasteiger partial charge is 0.362 e. The van der Waals surface area contributed by atoms with Gasteiger partial charge in [-0.25, -0.2) is 14.2 Å². The van der Waals surface area contributed by atoms with Crippen molar-refractivity contribution in [3.8, 4) is 5.88 Å². The van der Waals surface area contributed by atoms with Gasteiger partial charge in [0.2, 0.25) is 11.4 Å². The van der Waals surface area contributed by atoms with Gasteiger partial charge in [-0.1, -0.05) is 60.7 Å². The van der Waals surface area contributed by atoms with Gasteiger partial charge >= 0.3 is 11.6 Å². The molecule has 2 aromatic heterocycles. The molecule has 1 aliphatic rings. The first-order valence-corrected chi connectivity index (χ1v) is 9.51. The van der Waals surface area contributed by atoms with E-state index in [-0.39, 0.29) is 28.4 Å². The van der Waals surface area contributed by atoms with Gasteiger partial charge in [-0.15, -0.1) is 0 Å². The summed E-state index contributed by atoms with van der Waals surface area (Å²) in [6.45, 7) is 0. The summed E-state index contributed by atoms with van der Waals surface area (Å²) in [5.74, 6) is -1.10. The lowest BCUT2D eigenvalue weighted by Gasteiger charge is -2.21. The van der Waals surface area contributed by atoms with Crippen LogP contribution in [-0.2, 0) is 9.53 Å². The molecule has 0 fully saturated rings. The van der Waals surface area contributed by atoms with Crippen molar-refractivity contribution in [1.82, 2.24) is 9.55 Å². The average Bonchev–Trinajstić information content (AvgIpc) is 3.32. The zero-order valence-electron chi connectivity index (χ0n) is 16.4. The van der Waals surface area contributed by atoms with Crippen LogP contribution >= 0.6 is 0 Å². The van der Waals surface area contributed by atoms with Crippen LogP contribution in [0.2, 0.25) is 0 Å². The largest absolute Gasteiger partial charge is 0.465 e. The number of carbonyl (C=O) groups excluding carboxylic acids is 1. The number of ether oxygens (including phenoxy) is 1. The van der Waals surface area contributed by atoms with Gasteiger partial charge in [0.25, 0.3) is 6.01 Å². The van der Waals surface area contributed by atoms with Crippen molar-refractivity contribution in [2.45, 2.75) is 5.92 Å². The molecule has 2 N–H and O–H groups in total. The van der Waals surface area contributed by atoms with Crippen molar-refractivity contribution >= 4 is 23.6 Å². The molecule has 8 nitrogen and oxygen atoms in total. The molecule has 0 spiro atoms. The normalized spacial score (nSPS) is 15.5. The van der Waals surface area contributed by atoms with E-state index in [0.717, 1.165) is 11.1 Å². The lowest BCUT2D eigenvalue weighted by atomic mass is 9.87. The van der Waals surface area contributed by atoms with Crippen molar-refractivity contribution in [2.24, 2.45) is 0 Å². The summed E-state index contributed by atoms with van der Waals surface area (Å²) < 4.78 is 17.7. The van der Waals surface area contributed by atoms with Gasteiger partial charge in [0.1, 0.15) is 16.6 Å². The summed E-state index contributed by atoms with van der Waals surface area (Å²) in [5, 5.41) is 0.173. The zero-order chi connectivity index (χ0) is 21.5. The number of fused-ring (bicyclic) bond motifs is 3. The van der Waals surface area contributed by atoms with Crippen LogP contribution in [0.25, 0.3) is 17.5 Å². The number of aromatic nitrogens is 2. The molecule has 0 aliphatic carbocycles. The van der Waals surface area contributed by atoms with Gasteiger partial charge in [0.15, 0.2) is 0 Å². The van der Waals surface area contributed by atoms with E-state index in [1.165, 1.54) is 11.7 Å². The van der Waals surface area contributed by atoms with Gasteiger partial charge < -0.3 is 19.3 Å². The van der Waals surface area contributed by atoms with Gasteiger partial charge in [-0.2, -0.15) is 4.98 Å². The number of anilines is 1. The number of methoxy groups -OCH3 is 1. The molecule has 5 rings (SSSR count). The third kappa shape index (κ3) is 2.96. The second kappa shape index (κ2) is 7.17. The summed E-state index contributed by atoms with van der Waals surface area (Å²) in [6, 6.07) is 18.4. The van der Waals surface area contributed by atoms with E-state index in [9.17, 15) is 9.59 Å². The first kappa shape index (κ1) is 18.7. The van der Waals surface area contributed by atoms with Crippen molar-refractivity contribution in [3.63, 3.8) is 0 Å². The Morgan fingerprint density at radius 3 is 2.45 bits per heavy atom. The number of hydrogen-bond donors (Lipinski definition) is 1. The highest BCUT2D eigenvalue weighted by atomic mass is 16.5. The Balaban J connectivity index is 1.93. The third-order valence-corrected chi connectivity index (χ3v) is 5.13. The van der Waals surface area contributed by atoms with Crippen LogP contribution in [0.1, 0.15) is 22.7 Å². The summed E-state index contributed by atoms with van der Waals surface area (Å²) in [5.41, 5.74) is 7.33. The van der Waals surface area contributed by atoms with Gasteiger partial charge in [-0.3, -0.25) is 0 Å². The van der Waals surface area contributed by atoms with E-state index in [2.05, 4.69) is 4.98 Å². The van der Waals surface area contributed by atoms with E-state index in [1.807, 2.05) is 60.7 Å². The number of nitrogen functional groups attached to an aromatic ring is 1. The molecule has 8 heteroatoms. The second-order valence-electron chi connectivity index (χ2n) is 6.96. The van der Waals surface area contributed by atoms with E-state index < -0.39 is 17.5 Å². The highest BCUT2D eigenvalue weighted by Crippen LogP contribution is 2.38. The Bertz CT molecular complexity index is 1460. The minimum Gasteiger partial charge on any atom is -0.465 e.